The van der Waals surface area contributed by atoms with E-state index in [0.29, 0.717) is 17.6 Å². The lowest BCUT2D eigenvalue weighted by atomic mass is 9.57. The lowest BCUT2D eigenvalue weighted by Crippen LogP contribution is -2.62. The molecule has 2 aliphatic heterocycles. The molecule has 7 rings (SSSR count). The zero-order chi connectivity index (χ0) is 23.1. The van der Waals surface area contributed by atoms with Gasteiger partial charge in [0.05, 0.1) is 12.2 Å². The second-order valence-electron chi connectivity index (χ2n) is 10.8. The summed E-state index contributed by atoms with van der Waals surface area (Å²) >= 11 is 6.40. The number of benzene rings is 1. The summed E-state index contributed by atoms with van der Waals surface area (Å²) in [6.45, 7) is 5.90. The van der Waals surface area contributed by atoms with Gasteiger partial charge in [-0.05, 0) is 62.4 Å². The molecule has 34 heavy (non-hydrogen) atoms. The van der Waals surface area contributed by atoms with Crippen LogP contribution in [0.4, 0.5) is 5.95 Å². The molecule has 0 bridgehead atoms. The van der Waals surface area contributed by atoms with Crippen molar-refractivity contribution in [2.75, 3.05) is 18.0 Å². The summed E-state index contributed by atoms with van der Waals surface area (Å²) in [6.07, 6.45) is 6.29. The minimum absolute atomic E-state index is 0.252. The summed E-state index contributed by atoms with van der Waals surface area (Å²) in [5, 5.41) is 19.3. The standard InChI is InChI=1S/C25H25ClN8/c1-24(5-6-24)33-12-16-8-18(26)2-3-20(16)34-21(13-33)30-31-22(34)17-9-25(10-17)14-32(15-25)23-28-7-4-19(11-27)29-23/h2-4,7-8,17H,5-6,9-10,12-15H2,1H3. The predicted molar refractivity (Wildman–Crippen MR) is 127 cm³/mol. The first-order valence-electron chi connectivity index (χ1n) is 11.9. The molecule has 2 aliphatic carbocycles. The fourth-order valence-corrected chi connectivity index (χ4v) is 6.26. The normalized spacial score (nSPS) is 22.2. The Morgan fingerprint density at radius 1 is 1.12 bits per heavy atom. The van der Waals surface area contributed by atoms with Crippen LogP contribution < -0.4 is 4.90 Å². The van der Waals surface area contributed by atoms with Gasteiger partial charge in [-0.15, -0.1) is 10.2 Å². The van der Waals surface area contributed by atoms with E-state index in [4.69, 9.17) is 22.0 Å². The smallest absolute Gasteiger partial charge is 0.226 e. The van der Waals surface area contributed by atoms with Crippen LogP contribution in [-0.4, -0.2) is 48.3 Å². The molecule has 172 valence electrons. The van der Waals surface area contributed by atoms with Crippen LogP contribution in [0, 0.1) is 16.7 Å². The van der Waals surface area contributed by atoms with Crippen molar-refractivity contribution in [3.05, 3.63) is 58.4 Å². The van der Waals surface area contributed by atoms with Gasteiger partial charge in [0.1, 0.15) is 17.6 Å². The highest BCUT2D eigenvalue weighted by molar-refractivity contribution is 6.30. The van der Waals surface area contributed by atoms with E-state index in [-0.39, 0.29) is 11.0 Å². The topological polar surface area (TPSA) is 86.8 Å². The number of halogens is 1. The highest BCUT2D eigenvalue weighted by Crippen LogP contribution is 2.56. The molecule has 3 fully saturated rings. The van der Waals surface area contributed by atoms with Gasteiger partial charge >= 0.3 is 0 Å². The van der Waals surface area contributed by atoms with E-state index in [1.165, 1.54) is 24.1 Å². The van der Waals surface area contributed by atoms with Gasteiger partial charge in [0.2, 0.25) is 5.95 Å². The summed E-state index contributed by atoms with van der Waals surface area (Å²) in [6, 6.07) is 9.96. The van der Waals surface area contributed by atoms with E-state index >= 15 is 0 Å². The molecular weight excluding hydrogens is 448 g/mol. The number of hydrogen-bond donors (Lipinski definition) is 0. The van der Waals surface area contributed by atoms with Crippen LogP contribution in [0.25, 0.3) is 5.69 Å². The predicted octanol–water partition coefficient (Wildman–Crippen LogP) is 3.83. The molecule has 8 nitrogen and oxygen atoms in total. The Hall–Kier alpha value is -3.02. The van der Waals surface area contributed by atoms with E-state index in [9.17, 15) is 0 Å². The maximum atomic E-state index is 9.12. The molecule has 0 atom stereocenters. The second kappa shape index (κ2) is 7.00. The Balaban J connectivity index is 1.14. The molecule has 1 aromatic carbocycles. The third-order valence-electron chi connectivity index (χ3n) is 8.28. The van der Waals surface area contributed by atoms with Crippen molar-refractivity contribution in [2.24, 2.45) is 5.41 Å². The lowest BCUT2D eigenvalue weighted by molar-refractivity contribution is 0.0574. The van der Waals surface area contributed by atoms with Gasteiger partial charge < -0.3 is 4.90 Å². The van der Waals surface area contributed by atoms with Gasteiger partial charge in [-0.2, -0.15) is 5.26 Å². The van der Waals surface area contributed by atoms with E-state index in [2.05, 4.69) is 54.6 Å². The quantitative estimate of drug-likeness (QED) is 0.572. The third-order valence-corrected chi connectivity index (χ3v) is 8.52. The first kappa shape index (κ1) is 20.4. The van der Waals surface area contributed by atoms with E-state index in [0.717, 1.165) is 55.7 Å². The molecule has 2 saturated carbocycles. The minimum atomic E-state index is 0.252. The van der Waals surface area contributed by atoms with Gasteiger partial charge in [0.25, 0.3) is 0 Å². The number of aromatic nitrogens is 5. The number of anilines is 1. The molecule has 2 aromatic heterocycles. The average molecular weight is 473 g/mol. The zero-order valence-electron chi connectivity index (χ0n) is 19.1. The van der Waals surface area contributed by atoms with Crippen molar-refractivity contribution in [3.63, 3.8) is 0 Å². The van der Waals surface area contributed by atoms with Crippen LogP contribution in [-0.2, 0) is 13.1 Å². The first-order chi connectivity index (χ1) is 16.5. The van der Waals surface area contributed by atoms with Crippen molar-refractivity contribution in [2.45, 2.75) is 57.2 Å². The van der Waals surface area contributed by atoms with Gasteiger partial charge in [-0.3, -0.25) is 9.47 Å². The molecule has 9 heteroatoms. The molecule has 3 aromatic rings. The first-order valence-corrected chi connectivity index (χ1v) is 12.3. The van der Waals surface area contributed by atoms with Gasteiger partial charge in [0.15, 0.2) is 5.82 Å². The maximum absolute atomic E-state index is 9.12. The van der Waals surface area contributed by atoms with Gasteiger partial charge in [0, 0.05) is 47.7 Å². The Morgan fingerprint density at radius 3 is 2.71 bits per heavy atom. The molecule has 0 amide bonds. The van der Waals surface area contributed by atoms with Gasteiger partial charge in [-0.1, -0.05) is 11.6 Å². The lowest BCUT2D eigenvalue weighted by Gasteiger charge is -2.58. The molecule has 4 heterocycles. The zero-order valence-corrected chi connectivity index (χ0v) is 19.8. The third kappa shape index (κ3) is 3.07. The average Bonchev–Trinajstić information content (AvgIpc) is 3.45. The molecular formula is C25H25ClN8. The Labute approximate surface area is 203 Å². The van der Waals surface area contributed by atoms with Crippen LogP contribution >= 0.6 is 11.6 Å². The highest BCUT2D eigenvalue weighted by Gasteiger charge is 2.55. The fourth-order valence-electron chi connectivity index (χ4n) is 6.06. The van der Waals surface area contributed by atoms with Crippen LogP contribution in [0.3, 0.4) is 0 Å². The summed E-state index contributed by atoms with van der Waals surface area (Å²) in [4.78, 5) is 13.4. The number of nitrogens with zero attached hydrogens (tertiary/aromatic N) is 8. The van der Waals surface area contributed by atoms with Crippen molar-refractivity contribution in [3.8, 4) is 11.8 Å². The van der Waals surface area contributed by atoms with Crippen molar-refractivity contribution in [1.29, 1.82) is 5.26 Å². The minimum Gasteiger partial charge on any atom is -0.340 e. The number of nitriles is 1. The number of rotatable bonds is 3. The molecule has 0 N–H and O–H groups in total. The van der Waals surface area contributed by atoms with Crippen molar-refractivity contribution < 1.29 is 0 Å². The van der Waals surface area contributed by atoms with E-state index in [1.54, 1.807) is 12.3 Å². The molecule has 0 unspecified atom stereocenters. The second-order valence-corrected chi connectivity index (χ2v) is 11.2. The monoisotopic (exact) mass is 472 g/mol. The molecule has 0 radical (unpaired) electrons. The Kier molecular flexibility index (Phi) is 4.19. The van der Waals surface area contributed by atoms with Crippen LogP contribution in [0.1, 0.15) is 61.4 Å². The Morgan fingerprint density at radius 2 is 1.94 bits per heavy atom. The summed E-state index contributed by atoms with van der Waals surface area (Å²) in [5.74, 6) is 3.15. The highest BCUT2D eigenvalue weighted by atomic mass is 35.5. The van der Waals surface area contributed by atoms with Crippen LogP contribution in [0.15, 0.2) is 30.5 Å². The number of hydrogen-bond acceptors (Lipinski definition) is 7. The summed E-state index contributed by atoms with van der Waals surface area (Å²) < 4.78 is 2.31. The van der Waals surface area contributed by atoms with Crippen molar-refractivity contribution >= 4 is 17.5 Å². The van der Waals surface area contributed by atoms with Crippen LogP contribution in [0.5, 0.6) is 0 Å². The largest absolute Gasteiger partial charge is 0.340 e. The summed E-state index contributed by atoms with van der Waals surface area (Å²) in [7, 11) is 0. The van der Waals surface area contributed by atoms with Crippen LogP contribution in [0.2, 0.25) is 5.02 Å². The van der Waals surface area contributed by atoms with E-state index in [1.807, 2.05) is 6.07 Å². The molecule has 1 saturated heterocycles. The molecule has 1 spiro atoms. The number of fused-ring (bicyclic) bond motifs is 3. The van der Waals surface area contributed by atoms with E-state index < -0.39 is 0 Å². The van der Waals surface area contributed by atoms with Crippen molar-refractivity contribution in [1.82, 2.24) is 29.6 Å². The maximum Gasteiger partial charge on any atom is 0.226 e. The molecule has 4 aliphatic rings. The Bertz CT molecular complexity index is 1340. The van der Waals surface area contributed by atoms with Gasteiger partial charge in [-0.25, -0.2) is 9.97 Å². The fraction of sp³-hybridized carbons (Fsp3) is 0.480. The SMILES string of the molecule is CC1(N2Cc3cc(Cl)ccc3-n3c(nnc3C3CC4(C3)CN(c3nccc(C#N)n3)C4)C2)CC1. The summed E-state index contributed by atoms with van der Waals surface area (Å²) in [5.41, 5.74) is 3.37.